The van der Waals surface area contributed by atoms with E-state index in [1.807, 2.05) is 6.92 Å². The molecule has 0 aromatic rings. The van der Waals surface area contributed by atoms with Gasteiger partial charge in [-0.2, -0.15) is 10.2 Å². The Hall–Kier alpha value is -0.970. The highest BCUT2D eigenvalue weighted by Crippen LogP contribution is 2.06. The Morgan fingerprint density at radius 2 is 2.40 bits per heavy atom. The second kappa shape index (κ2) is 2.74. The molecule has 1 rings (SSSR count). The minimum atomic E-state index is -0.145. The average molecular weight is 142 g/mol. The van der Waals surface area contributed by atoms with Crippen LogP contribution in [-0.4, -0.2) is 28.8 Å². The van der Waals surface area contributed by atoms with Crippen molar-refractivity contribution in [2.24, 2.45) is 15.3 Å². The molecular weight excluding hydrogens is 132 g/mol. The fourth-order valence-corrected chi connectivity index (χ4v) is 0.666. The van der Waals surface area contributed by atoms with Gasteiger partial charge in [0.1, 0.15) is 6.73 Å². The largest absolute Gasteiger partial charge is 0.375 e. The molecule has 0 aliphatic carbocycles. The molecule has 1 N–H and O–H groups in total. The number of hydrogen-bond acceptors (Lipinski definition) is 5. The van der Waals surface area contributed by atoms with Crippen LogP contribution in [0, 0.1) is 0 Å². The quantitative estimate of drug-likeness (QED) is 0.575. The second-order valence-electron chi connectivity index (χ2n) is 2.08. The lowest BCUT2D eigenvalue weighted by molar-refractivity contribution is 0.0740. The van der Waals surface area contributed by atoms with E-state index in [1.54, 1.807) is 6.92 Å². The minimum Gasteiger partial charge on any atom is -0.375 e. The van der Waals surface area contributed by atoms with Crippen LogP contribution in [0.15, 0.2) is 15.3 Å². The Balaban J connectivity index is 2.67. The van der Waals surface area contributed by atoms with Crippen LogP contribution in [0.25, 0.3) is 0 Å². The molecule has 5 heteroatoms. The van der Waals surface area contributed by atoms with Gasteiger partial charge in [-0.15, -0.1) is 5.11 Å². The van der Waals surface area contributed by atoms with Gasteiger partial charge in [-0.3, -0.25) is 0 Å². The zero-order chi connectivity index (χ0) is 7.56. The van der Waals surface area contributed by atoms with Crippen molar-refractivity contribution in [3.8, 4) is 0 Å². The van der Waals surface area contributed by atoms with Gasteiger partial charge >= 0.3 is 0 Å². The Morgan fingerprint density at radius 1 is 1.70 bits per heavy atom. The highest BCUT2D eigenvalue weighted by molar-refractivity contribution is 5.79. The van der Waals surface area contributed by atoms with Gasteiger partial charge in [0.2, 0.25) is 0 Å². The molecule has 0 radical (unpaired) electrons. The van der Waals surface area contributed by atoms with Gasteiger partial charge in [-0.05, 0) is 13.8 Å². The maximum absolute atomic E-state index is 8.70. The van der Waals surface area contributed by atoms with Crippen molar-refractivity contribution < 1.29 is 5.11 Å². The van der Waals surface area contributed by atoms with Crippen LogP contribution in [0.2, 0.25) is 0 Å². The van der Waals surface area contributed by atoms with Crippen molar-refractivity contribution in [2.45, 2.75) is 20.0 Å². The first kappa shape index (κ1) is 7.14. The zero-order valence-electron chi connectivity index (χ0n) is 6.02. The smallest absolute Gasteiger partial charge is 0.167 e. The van der Waals surface area contributed by atoms with Gasteiger partial charge in [0.15, 0.2) is 12.0 Å². The molecule has 10 heavy (non-hydrogen) atoms. The molecule has 0 saturated carbocycles. The van der Waals surface area contributed by atoms with E-state index in [1.165, 1.54) is 5.01 Å². The number of aliphatic hydroxyl groups is 1. The standard InChI is InChI=1S/C5H10N4O/c1-4-6-7-5(2)9(3-10)8-4/h5,10H,3H2,1-2H3. The molecule has 1 aliphatic rings. The lowest BCUT2D eigenvalue weighted by Crippen LogP contribution is -2.30. The Labute approximate surface area is 59.1 Å². The van der Waals surface area contributed by atoms with Crippen LogP contribution in [0.5, 0.6) is 0 Å². The molecule has 1 aliphatic heterocycles. The number of azo groups is 1. The Bertz CT molecular complexity index is 176. The summed E-state index contributed by atoms with van der Waals surface area (Å²) in [4.78, 5) is 0. The fraction of sp³-hybridized carbons (Fsp3) is 0.800. The molecule has 5 nitrogen and oxygen atoms in total. The number of hydrogen-bond donors (Lipinski definition) is 1. The van der Waals surface area contributed by atoms with E-state index in [4.69, 9.17) is 5.11 Å². The van der Waals surface area contributed by atoms with Gasteiger partial charge in [0, 0.05) is 0 Å². The number of aliphatic hydroxyl groups excluding tert-OH is 1. The predicted molar refractivity (Wildman–Crippen MR) is 36.4 cm³/mol. The van der Waals surface area contributed by atoms with E-state index in [2.05, 4.69) is 15.3 Å². The molecule has 0 aromatic heterocycles. The molecule has 0 aromatic carbocycles. The van der Waals surface area contributed by atoms with Crippen LogP contribution >= 0.6 is 0 Å². The van der Waals surface area contributed by atoms with Gasteiger partial charge in [0.25, 0.3) is 0 Å². The summed E-state index contributed by atoms with van der Waals surface area (Å²) in [5.41, 5.74) is 0. The minimum absolute atomic E-state index is 0.114. The highest BCUT2D eigenvalue weighted by Gasteiger charge is 2.12. The zero-order valence-corrected chi connectivity index (χ0v) is 6.02. The first-order valence-electron chi connectivity index (χ1n) is 3.07. The average Bonchev–Trinajstić information content (AvgIpc) is 1.94. The first-order chi connectivity index (χ1) is 4.74. The van der Waals surface area contributed by atoms with E-state index >= 15 is 0 Å². The van der Waals surface area contributed by atoms with Gasteiger partial charge in [-0.1, -0.05) is 0 Å². The molecule has 1 unspecified atom stereocenters. The van der Waals surface area contributed by atoms with Crippen molar-refractivity contribution in [2.75, 3.05) is 6.73 Å². The third-order valence-corrected chi connectivity index (χ3v) is 1.22. The summed E-state index contributed by atoms with van der Waals surface area (Å²) >= 11 is 0. The normalized spacial score (nSPS) is 24.9. The van der Waals surface area contributed by atoms with Crippen molar-refractivity contribution in [3.63, 3.8) is 0 Å². The Kier molecular flexibility index (Phi) is 1.96. The summed E-state index contributed by atoms with van der Waals surface area (Å²) in [6, 6.07) is 0. The van der Waals surface area contributed by atoms with Crippen LogP contribution in [-0.2, 0) is 0 Å². The molecule has 0 bridgehead atoms. The molecule has 56 valence electrons. The molecule has 0 saturated heterocycles. The molecule has 1 atom stereocenters. The lowest BCUT2D eigenvalue weighted by Gasteiger charge is -2.22. The number of nitrogens with zero attached hydrogens (tertiary/aromatic N) is 4. The summed E-state index contributed by atoms with van der Waals surface area (Å²) < 4.78 is 0. The summed E-state index contributed by atoms with van der Waals surface area (Å²) in [7, 11) is 0. The van der Waals surface area contributed by atoms with Crippen LogP contribution in [0.3, 0.4) is 0 Å². The number of rotatable bonds is 1. The molecule has 0 amide bonds. The highest BCUT2D eigenvalue weighted by atomic mass is 16.3. The number of hydrazone groups is 1. The first-order valence-corrected chi connectivity index (χ1v) is 3.07. The monoisotopic (exact) mass is 142 g/mol. The van der Waals surface area contributed by atoms with E-state index in [0.29, 0.717) is 5.84 Å². The number of amidine groups is 1. The molecule has 0 fully saturated rings. The molecule has 0 spiro atoms. The van der Waals surface area contributed by atoms with E-state index in [9.17, 15) is 0 Å². The maximum Gasteiger partial charge on any atom is 0.167 e. The van der Waals surface area contributed by atoms with Crippen LogP contribution in [0.1, 0.15) is 13.8 Å². The van der Waals surface area contributed by atoms with Crippen molar-refractivity contribution in [1.29, 1.82) is 0 Å². The lowest BCUT2D eigenvalue weighted by atomic mass is 10.5. The molecule has 1 heterocycles. The Morgan fingerprint density at radius 3 is 2.90 bits per heavy atom. The van der Waals surface area contributed by atoms with Crippen molar-refractivity contribution in [1.82, 2.24) is 5.01 Å². The van der Waals surface area contributed by atoms with Gasteiger partial charge in [-0.25, -0.2) is 5.01 Å². The molecular formula is C5H10N4O. The third kappa shape index (κ3) is 1.30. The fourth-order valence-electron chi connectivity index (χ4n) is 0.666. The van der Waals surface area contributed by atoms with E-state index in [0.717, 1.165) is 0 Å². The topological polar surface area (TPSA) is 60.5 Å². The SMILES string of the molecule is CC1=NN(CO)C(C)N=N1. The van der Waals surface area contributed by atoms with E-state index in [-0.39, 0.29) is 12.9 Å². The van der Waals surface area contributed by atoms with Crippen molar-refractivity contribution >= 4 is 5.84 Å². The van der Waals surface area contributed by atoms with Gasteiger partial charge in [0.05, 0.1) is 0 Å². The summed E-state index contributed by atoms with van der Waals surface area (Å²) in [6.07, 6.45) is -0.145. The van der Waals surface area contributed by atoms with E-state index < -0.39 is 0 Å². The van der Waals surface area contributed by atoms with Crippen molar-refractivity contribution in [3.05, 3.63) is 0 Å². The summed E-state index contributed by atoms with van der Waals surface area (Å²) in [5.74, 6) is 0.576. The maximum atomic E-state index is 8.70. The second-order valence-corrected chi connectivity index (χ2v) is 2.08. The predicted octanol–water partition coefficient (Wildman–Crippen LogP) is 0.383. The van der Waals surface area contributed by atoms with Crippen LogP contribution < -0.4 is 0 Å². The van der Waals surface area contributed by atoms with Gasteiger partial charge < -0.3 is 5.11 Å². The summed E-state index contributed by atoms with van der Waals surface area (Å²) in [5, 5.41) is 21.6. The summed E-state index contributed by atoms with van der Waals surface area (Å²) in [6.45, 7) is 3.44. The van der Waals surface area contributed by atoms with Crippen LogP contribution in [0.4, 0.5) is 0 Å². The third-order valence-electron chi connectivity index (χ3n) is 1.22.